The molecule has 3 heteroatoms. The van der Waals surface area contributed by atoms with E-state index in [4.69, 9.17) is 0 Å². The van der Waals surface area contributed by atoms with E-state index >= 15 is 0 Å². The first kappa shape index (κ1) is 12.7. The van der Waals surface area contributed by atoms with Crippen LogP contribution in [-0.4, -0.2) is 11.5 Å². The molecule has 0 saturated carbocycles. The minimum absolute atomic E-state index is 0.174. The Bertz CT molecular complexity index is 497. The van der Waals surface area contributed by atoms with Gasteiger partial charge in [-0.05, 0) is 54.8 Å². The Hall–Kier alpha value is -1.74. The molecule has 0 saturated heterocycles. The van der Waals surface area contributed by atoms with Crippen LogP contribution in [0.3, 0.4) is 0 Å². The molecule has 1 heterocycles. The number of rotatable bonds is 5. The lowest BCUT2D eigenvalue weighted by molar-refractivity contribution is 0.623. The van der Waals surface area contributed by atoms with Gasteiger partial charge in [-0.2, -0.15) is 0 Å². The molecule has 0 fully saturated rings. The number of benzene rings is 1. The predicted octanol–water partition coefficient (Wildman–Crippen LogP) is 2.86. The third-order valence-electron chi connectivity index (χ3n) is 2.93. The normalized spacial score (nSPS) is 10.6. The second-order valence-corrected chi connectivity index (χ2v) is 4.36. The van der Waals surface area contributed by atoms with Gasteiger partial charge >= 0.3 is 0 Å². The fourth-order valence-corrected chi connectivity index (χ4v) is 1.86. The summed E-state index contributed by atoms with van der Waals surface area (Å²) in [6, 6.07) is 8.92. The monoisotopic (exact) mass is 244 g/mol. The van der Waals surface area contributed by atoms with Gasteiger partial charge in [-0.1, -0.05) is 12.1 Å². The van der Waals surface area contributed by atoms with Crippen LogP contribution in [-0.2, 0) is 13.0 Å². The van der Waals surface area contributed by atoms with Crippen molar-refractivity contribution in [3.8, 4) is 0 Å². The van der Waals surface area contributed by atoms with Crippen molar-refractivity contribution in [2.75, 3.05) is 6.54 Å². The van der Waals surface area contributed by atoms with Gasteiger partial charge in [-0.3, -0.25) is 4.98 Å². The van der Waals surface area contributed by atoms with E-state index in [-0.39, 0.29) is 5.82 Å². The molecule has 0 atom stereocenters. The maximum Gasteiger partial charge on any atom is 0.123 e. The third-order valence-corrected chi connectivity index (χ3v) is 2.93. The van der Waals surface area contributed by atoms with E-state index in [1.807, 2.05) is 25.3 Å². The van der Waals surface area contributed by atoms with Crippen LogP contribution in [0.2, 0.25) is 0 Å². The summed E-state index contributed by atoms with van der Waals surface area (Å²) in [5.41, 5.74) is 3.35. The average Bonchev–Trinajstić information content (AvgIpc) is 2.38. The minimum Gasteiger partial charge on any atom is -0.312 e. The zero-order valence-corrected chi connectivity index (χ0v) is 10.5. The van der Waals surface area contributed by atoms with E-state index in [1.54, 1.807) is 12.3 Å². The topological polar surface area (TPSA) is 24.9 Å². The standard InChI is InChI=1S/C15H17FN2/c1-12-9-15(16)5-4-14(12)11-18-8-6-13-3-2-7-17-10-13/h2-5,7,9-10,18H,6,8,11H2,1H3. The highest BCUT2D eigenvalue weighted by molar-refractivity contribution is 5.26. The maximum absolute atomic E-state index is 12.9. The first-order valence-electron chi connectivity index (χ1n) is 6.10. The van der Waals surface area contributed by atoms with Crippen LogP contribution in [0.15, 0.2) is 42.7 Å². The number of pyridine rings is 1. The van der Waals surface area contributed by atoms with Gasteiger partial charge in [0.2, 0.25) is 0 Å². The second kappa shape index (κ2) is 6.26. The Morgan fingerprint density at radius 3 is 2.89 bits per heavy atom. The summed E-state index contributed by atoms with van der Waals surface area (Å²) in [5.74, 6) is -0.174. The lowest BCUT2D eigenvalue weighted by atomic mass is 10.1. The highest BCUT2D eigenvalue weighted by Crippen LogP contribution is 2.09. The van der Waals surface area contributed by atoms with Gasteiger partial charge in [0.1, 0.15) is 5.82 Å². The molecule has 2 rings (SSSR count). The van der Waals surface area contributed by atoms with Crippen molar-refractivity contribution in [3.05, 3.63) is 65.2 Å². The zero-order valence-electron chi connectivity index (χ0n) is 10.5. The molecule has 0 spiro atoms. The number of aryl methyl sites for hydroxylation is 1. The Balaban J connectivity index is 1.79. The largest absolute Gasteiger partial charge is 0.312 e. The van der Waals surface area contributed by atoms with E-state index in [2.05, 4.69) is 16.4 Å². The molecule has 0 aliphatic heterocycles. The molecule has 1 aromatic carbocycles. The van der Waals surface area contributed by atoms with Crippen LogP contribution in [0.1, 0.15) is 16.7 Å². The fourth-order valence-electron chi connectivity index (χ4n) is 1.86. The molecule has 0 aliphatic rings. The molecule has 0 amide bonds. The summed E-state index contributed by atoms with van der Waals surface area (Å²) < 4.78 is 12.9. The zero-order chi connectivity index (χ0) is 12.8. The van der Waals surface area contributed by atoms with Gasteiger partial charge < -0.3 is 5.32 Å². The SMILES string of the molecule is Cc1cc(F)ccc1CNCCc1cccnc1. The van der Waals surface area contributed by atoms with Gasteiger partial charge in [0.25, 0.3) is 0 Å². The van der Waals surface area contributed by atoms with E-state index in [0.29, 0.717) is 0 Å². The summed E-state index contributed by atoms with van der Waals surface area (Å²) >= 11 is 0. The number of halogens is 1. The lowest BCUT2D eigenvalue weighted by Crippen LogP contribution is -2.17. The molecular weight excluding hydrogens is 227 g/mol. The molecular formula is C15H17FN2. The van der Waals surface area contributed by atoms with Crippen molar-refractivity contribution in [2.24, 2.45) is 0 Å². The maximum atomic E-state index is 12.9. The van der Waals surface area contributed by atoms with Crippen molar-refractivity contribution >= 4 is 0 Å². The van der Waals surface area contributed by atoms with E-state index in [9.17, 15) is 4.39 Å². The average molecular weight is 244 g/mol. The fraction of sp³-hybridized carbons (Fsp3) is 0.267. The smallest absolute Gasteiger partial charge is 0.123 e. The minimum atomic E-state index is -0.174. The highest BCUT2D eigenvalue weighted by Gasteiger charge is 1.99. The van der Waals surface area contributed by atoms with Gasteiger partial charge in [0, 0.05) is 18.9 Å². The molecule has 1 aromatic heterocycles. The number of hydrogen-bond acceptors (Lipinski definition) is 2. The Labute approximate surface area is 107 Å². The van der Waals surface area contributed by atoms with Crippen molar-refractivity contribution in [1.29, 1.82) is 0 Å². The summed E-state index contributed by atoms with van der Waals surface area (Å²) in [6.45, 7) is 3.59. The molecule has 2 aromatic rings. The van der Waals surface area contributed by atoms with Gasteiger partial charge in [0.15, 0.2) is 0 Å². The second-order valence-electron chi connectivity index (χ2n) is 4.36. The van der Waals surface area contributed by atoms with E-state index < -0.39 is 0 Å². The molecule has 0 aliphatic carbocycles. The van der Waals surface area contributed by atoms with Crippen LogP contribution < -0.4 is 5.32 Å². The predicted molar refractivity (Wildman–Crippen MR) is 70.8 cm³/mol. The molecule has 0 unspecified atom stereocenters. The van der Waals surface area contributed by atoms with Crippen LogP contribution in [0, 0.1) is 12.7 Å². The van der Waals surface area contributed by atoms with Crippen LogP contribution in [0.25, 0.3) is 0 Å². The summed E-state index contributed by atoms with van der Waals surface area (Å²) in [7, 11) is 0. The van der Waals surface area contributed by atoms with Crippen LogP contribution in [0.4, 0.5) is 4.39 Å². The Morgan fingerprint density at radius 2 is 2.17 bits per heavy atom. The summed E-state index contributed by atoms with van der Waals surface area (Å²) in [6.07, 6.45) is 4.61. The number of nitrogens with zero attached hydrogens (tertiary/aromatic N) is 1. The van der Waals surface area contributed by atoms with E-state index in [0.717, 1.165) is 30.6 Å². The molecule has 94 valence electrons. The lowest BCUT2D eigenvalue weighted by Gasteiger charge is -2.07. The summed E-state index contributed by atoms with van der Waals surface area (Å²) in [5, 5.41) is 3.36. The highest BCUT2D eigenvalue weighted by atomic mass is 19.1. The quantitative estimate of drug-likeness (QED) is 0.818. The van der Waals surface area contributed by atoms with Crippen LogP contribution >= 0.6 is 0 Å². The van der Waals surface area contributed by atoms with Gasteiger partial charge in [0.05, 0.1) is 0 Å². The third kappa shape index (κ3) is 3.64. The first-order chi connectivity index (χ1) is 8.75. The first-order valence-corrected chi connectivity index (χ1v) is 6.10. The Kier molecular flexibility index (Phi) is 4.42. The molecule has 2 nitrogen and oxygen atoms in total. The van der Waals surface area contributed by atoms with Gasteiger partial charge in [-0.25, -0.2) is 4.39 Å². The number of nitrogens with one attached hydrogen (secondary N) is 1. The Morgan fingerprint density at radius 1 is 1.28 bits per heavy atom. The molecule has 0 bridgehead atoms. The summed E-state index contributed by atoms with van der Waals surface area (Å²) in [4.78, 5) is 4.08. The van der Waals surface area contributed by atoms with Crippen molar-refractivity contribution in [2.45, 2.75) is 19.9 Å². The number of hydrogen-bond donors (Lipinski definition) is 1. The molecule has 0 radical (unpaired) electrons. The van der Waals surface area contributed by atoms with E-state index in [1.165, 1.54) is 11.6 Å². The van der Waals surface area contributed by atoms with Crippen LogP contribution in [0.5, 0.6) is 0 Å². The van der Waals surface area contributed by atoms with Crippen molar-refractivity contribution in [1.82, 2.24) is 10.3 Å². The van der Waals surface area contributed by atoms with Crippen molar-refractivity contribution < 1.29 is 4.39 Å². The van der Waals surface area contributed by atoms with Gasteiger partial charge in [-0.15, -0.1) is 0 Å². The number of aromatic nitrogens is 1. The molecule has 18 heavy (non-hydrogen) atoms. The van der Waals surface area contributed by atoms with Crippen molar-refractivity contribution in [3.63, 3.8) is 0 Å². The molecule has 1 N–H and O–H groups in total.